The van der Waals surface area contributed by atoms with Crippen molar-refractivity contribution in [1.29, 1.82) is 0 Å². The number of ether oxygens (including phenoxy) is 1. The summed E-state index contributed by atoms with van der Waals surface area (Å²) in [5, 5.41) is 4.13. The second-order valence-corrected chi connectivity index (χ2v) is 4.96. The molecule has 0 aliphatic carbocycles. The lowest BCUT2D eigenvalue weighted by molar-refractivity contribution is 0.406. The van der Waals surface area contributed by atoms with Crippen molar-refractivity contribution in [3.8, 4) is 5.75 Å². The van der Waals surface area contributed by atoms with Crippen molar-refractivity contribution in [3.05, 3.63) is 40.4 Å². The number of methoxy groups -OCH3 is 1. The molecule has 6 heteroatoms. The minimum Gasteiger partial charge on any atom is -0.496 e. The van der Waals surface area contributed by atoms with Gasteiger partial charge in [-0.15, -0.1) is 5.10 Å². The molecule has 1 aromatic heterocycles. The predicted octanol–water partition coefficient (Wildman–Crippen LogP) is 1.86. The predicted molar refractivity (Wildman–Crippen MR) is 76.0 cm³/mol. The largest absolute Gasteiger partial charge is 0.496 e. The molecule has 0 radical (unpaired) electrons. The van der Waals surface area contributed by atoms with E-state index < -0.39 is 0 Å². The minimum atomic E-state index is 0.00579. The van der Waals surface area contributed by atoms with Gasteiger partial charge in [0.1, 0.15) is 5.75 Å². The fourth-order valence-electron chi connectivity index (χ4n) is 2.04. The zero-order chi connectivity index (χ0) is 13.7. The van der Waals surface area contributed by atoms with Crippen LogP contribution < -0.4 is 16.0 Å². The number of hydrazine groups is 1. The Balaban J connectivity index is 2.24. The molecular weight excluding hydrogens is 260 g/mol. The molecule has 0 amide bonds. The molecule has 5 nitrogen and oxygen atoms in total. The van der Waals surface area contributed by atoms with E-state index in [1.54, 1.807) is 7.11 Å². The average Bonchev–Trinajstić information content (AvgIpc) is 2.93. The van der Waals surface area contributed by atoms with Crippen LogP contribution >= 0.6 is 11.5 Å². The first-order valence-corrected chi connectivity index (χ1v) is 6.96. The monoisotopic (exact) mass is 278 g/mol. The fourth-order valence-corrected chi connectivity index (χ4v) is 2.84. The maximum absolute atomic E-state index is 5.69. The number of aryl methyl sites for hydroxylation is 1. The summed E-state index contributed by atoms with van der Waals surface area (Å²) in [6, 6.07) is 7.96. The number of para-hydroxylation sites is 1. The molecule has 0 spiro atoms. The molecule has 2 aromatic rings. The van der Waals surface area contributed by atoms with Gasteiger partial charge in [-0.1, -0.05) is 29.6 Å². The van der Waals surface area contributed by atoms with E-state index in [1.165, 1.54) is 11.5 Å². The first kappa shape index (κ1) is 13.9. The Labute approximate surface area is 116 Å². The smallest absolute Gasteiger partial charge is 0.122 e. The van der Waals surface area contributed by atoms with E-state index in [0.29, 0.717) is 0 Å². The zero-order valence-electron chi connectivity index (χ0n) is 11.1. The van der Waals surface area contributed by atoms with E-state index in [-0.39, 0.29) is 6.04 Å². The van der Waals surface area contributed by atoms with Crippen molar-refractivity contribution in [1.82, 2.24) is 15.0 Å². The van der Waals surface area contributed by atoms with Crippen LogP contribution in [-0.4, -0.2) is 16.7 Å². The van der Waals surface area contributed by atoms with E-state index in [0.717, 1.165) is 34.7 Å². The van der Waals surface area contributed by atoms with Gasteiger partial charge in [-0.05, 0) is 36.0 Å². The summed E-state index contributed by atoms with van der Waals surface area (Å²) in [5.74, 6) is 6.56. The van der Waals surface area contributed by atoms with Gasteiger partial charge in [0.25, 0.3) is 0 Å². The van der Waals surface area contributed by atoms with Gasteiger partial charge < -0.3 is 4.74 Å². The van der Waals surface area contributed by atoms with Crippen LogP contribution in [0.2, 0.25) is 0 Å². The third-order valence-electron chi connectivity index (χ3n) is 3.05. The van der Waals surface area contributed by atoms with Crippen molar-refractivity contribution < 1.29 is 4.74 Å². The molecule has 1 aromatic carbocycles. The third kappa shape index (κ3) is 3.09. The highest BCUT2D eigenvalue weighted by atomic mass is 32.1. The highest BCUT2D eigenvalue weighted by Crippen LogP contribution is 2.27. The fraction of sp³-hybridized carbons (Fsp3) is 0.385. The zero-order valence-corrected chi connectivity index (χ0v) is 11.9. The maximum atomic E-state index is 5.69. The first-order valence-electron chi connectivity index (χ1n) is 6.19. The Hall–Kier alpha value is -1.50. The summed E-state index contributed by atoms with van der Waals surface area (Å²) in [7, 11) is 1.68. The van der Waals surface area contributed by atoms with Crippen molar-refractivity contribution in [3.63, 3.8) is 0 Å². The summed E-state index contributed by atoms with van der Waals surface area (Å²) in [4.78, 5) is 1.09. The summed E-state index contributed by atoms with van der Waals surface area (Å²) in [6.07, 6.45) is 1.60. The SMILES string of the molecule is CCc1nnsc1C(Cc1ccccc1OC)NN. The number of hydrogen-bond donors (Lipinski definition) is 2. The van der Waals surface area contributed by atoms with Gasteiger partial charge >= 0.3 is 0 Å². The molecule has 3 N–H and O–H groups in total. The van der Waals surface area contributed by atoms with Crippen LogP contribution in [0, 0.1) is 0 Å². The van der Waals surface area contributed by atoms with Gasteiger partial charge in [-0.25, -0.2) is 0 Å². The first-order chi connectivity index (χ1) is 9.30. The van der Waals surface area contributed by atoms with Crippen molar-refractivity contribution in [2.24, 2.45) is 5.84 Å². The van der Waals surface area contributed by atoms with E-state index in [1.807, 2.05) is 24.3 Å². The van der Waals surface area contributed by atoms with Gasteiger partial charge in [0.15, 0.2) is 0 Å². The van der Waals surface area contributed by atoms with Crippen molar-refractivity contribution >= 4 is 11.5 Å². The van der Waals surface area contributed by atoms with E-state index in [4.69, 9.17) is 10.6 Å². The summed E-state index contributed by atoms with van der Waals surface area (Å²) < 4.78 is 9.38. The number of benzene rings is 1. The molecular formula is C13H18N4OS. The van der Waals surface area contributed by atoms with Crippen LogP contribution in [0.15, 0.2) is 24.3 Å². The average molecular weight is 278 g/mol. The van der Waals surface area contributed by atoms with Gasteiger partial charge in [-0.2, -0.15) is 0 Å². The van der Waals surface area contributed by atoms with Crippen LogP contribution in [0.1, 0.15) is 29.1 Å². The Morgan fingerprint density at radius 3 is 2.89 bits per heavy atom. The molecule has 0 saturated carbocycles. The number of aromatic nitrogens is 2. The van der Waals surface area contributed by atoms with E-state index in [2.05, 4.69) is 21.9 Å². The van der Waals surface area contributed by atoms with Gasteiger partial charge in [-0.3, -0.25) is 11.3 Å². The van der Waals surface area contributed by atoms with Crippen LogP contribution in [0.25, 0.3) is 0 Å². The molecule has 0 saturated heterocycles. The molecule has 0 bridgehead atoms. The normalized spacial score (nSPS) is 12.4. The highest BCUT2D eigenvalue weighted by molar-refractivity contribution is 7.05. The molecule has 1 atom stereocenters. The molecule has 102 valence electrons. The number of rotatable bonds is 6. The molecule has 1 unspecified atom stereocenters. The van der Waals surface area contributed by atoms with Crippen LogP contribution in [-0.2, 0) is 12.8 Å². The lowest BCUT2D eigenvalue weighted by Crippen LogP contribution is -2.29. The lowest BCUT2D eigenvalue weighted by atomic mass is 10.0. The van der Waals surface area contributed by atoms with Crippen LogP contribution in [0.4, 0.5) is 0 Å². The Morgan fingerprint density at radius 2 is 2.21 bits per heavy atom. The number of nitrogens with one attached hydrogen (secondary N) is 1. The topological polar surface area (TPSA) is 73.1 Å². The summed E-state index contributed by atoms with van der Waals surface area (Å²) >= 11 is 1.40. The molecule has 0 aliphatic heterocycles. The second kappa shape index (κ2) is 6.60. The van der Waals surface area contributed by atoms with Crippen molar-refractivity contribution in [2.45, 2.75) is 25.8 Å². The number of nitrogens with two attached hydrogens (primary N) is 1. The van der Waals surface area contributed by atoms with Gasteiger partial charge in [0, 0.05) is 0 Å². The Bertz CT molecular complexity index is 529. The van der Waals surface area contributed by atoms with Crippen molar-refractivity contribution in [2.75, 3.05) is 7.11 Å². The molecule has 0 aliphatic rings. The Morgan fingerprint density at radius 1 is 1.42 bits per heavy atom. The number of hydrogen-bond acceptors (Lipinski definition) is 6. The molecule has 1 heterocycles. The van der Waals surface area contributed by atoms with E-state index >= 15 is 0 Å². The molecule has 19 heavy (non-hydrogen) atoms. The second-order valence-electron chi connectivity index (χ2n) is 4.17. The molecule has 2 rings (SSSR count). The highest BCUT2D eigenvalue weighted by Gasteiger charge is 2.19. The van der Waals surface area contributed by atoms with Gasteiger partial charge in [0.05, 0.1) is 23.7 Å². The maximum Gasteiger partial charge on any atom is 0.122 e. The standard InChI is InChI=1S/C13H18N4OS/c1-3-10-13(19-17-16-10)11(15-14)8-9-6-4-5-7-12(9)18-2/h4-7,11,15H,3,8,14H2,1-2H3. The van der Waals surface area contributed by atoms with Gasteiger partial charge in [0.2, 0.25) is 0 Å². The number of nitrogens with zero attached hydrogens (tertiary/aromatic N) is 2. The summed E-state index contributed by atoms with van der Waals surface area (Å²) in [5.41, 5.74) is 4.97. The lowest BCUT2D eigenvalue weighted by Gasteiger charge is -2.16. The third-order valence-corrected chi connectivity index (χ3v) is 3.93. The minimum absolute atomic E-state index is 0.00579. The quantitative estimate of drug-likeness (QED) is 0.623. The van der Waals surface area contributed by atoms with Crippen LogP contribution in [0.3, 0.4) is 0 Å². The van der Waals surface area contributed by atoms with Crippen LogP contribution in [0.5, 0.6) is 5.75 Å². The summed E-state index contributed by atoms with van der Waals surface area (Å²) in [6.45, 7) is 2.07. The Kier molecular flexibility index (Phi) is 4.84. The van der Waals surface area contributed by atoms with E-state index in [9.17, 15) is 0 Å². The molecule has 0 fully saturated rings.